The summed E-state index contributed by atoms with van der Waals surface area (Å²) in [6.07, 6.45) is 7.53. The lowest BCUT2D eigenvalue weighted by Crippen LogP contribution is -2.18. The number of hydrogen-bond acceptors (Lipinski definition) is 3. The number of aldehydes is 1. The molecule has 0 amide bonds. The quantitative estimate of drug-likeness (QED) is 0.810. The molecule has 0 spiro atoms. The van der Waals surface area contributed by atoms with Crippen LogP contribution in [0.3, 0.4) is 0 Å². The first-order valence-corrected chi connectivity index (χ1v) is 9.05. The summed E-state index contributed by atoms with van der Waals surface area (Å²) in [7, 11) is -3.65. The number of carbonyl (C=O) groups is 1. The van der Waals surface area contributed by atoms with E-state index >= 15 is 0 Å². The van der Waals surface area contributed by atoms with E-state index in [0.717, 1.165) is 31.4 Å². The summed E-state index contributed by atoms with van der Waals surface area (Å²) >= 11 is 0. The zero-order valence-electron chi connectivity index (χ0n) is 12.3. The molecule has 4 nitrogen and oxygen atoms in total. The van der Waals surface area contributed by atoms with E-state index in [4.69, 9.17) is 0 Å². The van der Waals surface area contributed by atoms with E-state index < -0.39 is 10.0 Å². The van der Waals surface area contributed by atoms with Gasteiger partial charge in [0.05, 0.1) is 4.90 Å². The van der Waals surface area contributed by atoms with Crippen molar-refractivity contribution in [2.24, 2.45) is 0 Å². The Morgan fingerprint density at radius 3 is 2.36 bits per heavy atom. The van der Waals surface area contributed by atoms with Crippen molar-refractivity contribution in [3.05, 3.63) is 53.9 Å². The van der Waals surface area contributed by atoms with Gasteiger partial charge in [0.15, 0.2) is 6.29 Å². The molecule has 1 saturated carbocycles. The molecule has 1 aliphatic carbocycles. The highest BCUT2D eigenvalue weighted by Gasteiger charge is 2.26. The summed E-state index contributed by atoms with van der Waals surface area (Å²) in [5.41, 5.74) is 1.16. The van der Waals surface area contributed by atoms with Gasteiger partial charge in [0, 0.05) is 23.4 Å². The lowest BCUT2D eigenvalue weighted by atomic mass is 9.87. The maximum Gasteiger partial charge on any atom is 0.267 e. The summed E-state index contributed by atoms with van der Waals surface area (Å²) in [5.74, 6) is 0.209. The van der Waals surface area contributed by atoms with E-state index in [9.17, 15) is 13.2 Å². The van der Waals surface area contributed by atoms with Crippen molar-refractivity contribution in [3.8, 4) is 0 Å². The van der Waals surface area contributed by atoms with E-state index in [1.807, 2.05) is 0 Å². The highest BCUT2D eigenvalue weighted by atomic mass is 32.2. The van der Waals surface area contributed by atoms with Crippen molar-refractivity contribution >= 4 is 16.3 Å². The second kappa shape index (κ2) is 6.08. The van der Waals surface area contributed by atoms with Crippen LogP contribution < -0.4 is 0 Å². The Kier molecular flexibility index (Phi) is 4.16. The molecular weight excluding hydrogens is 298 g/mol. The predicted octanol–water partition coefficient (Wildman–Crippen LogP) is 3.59. The van der Waals surface area contributed by atoms with Crippen LogP contribution in [0, 0.1) is 0 Å². The van der Waals surface area contributed by atoms with Gasteiger partial charge in [0.2, 0.25) is 0 Å². The summed E-state index contributed by atoms with van der Waals surface area (Å²) in [6, 6.07) is 10.1. The molecule has 0 unspecified atom stereocenters. The Morgan fingerprint density at radius 1 is 1.05 bits per heavy atom. The fourth-order valence-electron chi connectivity index (χ4n) is 3.16. The first-order chi connectivity index (χ1) is 10.6. The van der Waals surface area contributed by atoms with Gasteiger partial charge in [0.25, 0.3) is 10.0 Å². The number of nitrogens with zero attached hydrogens (tertiary/aromatic N) is 1. The van der Waals surface area contributed by atoms with Crippen molar-refractivity contribution < 1.29 is 13.2 Å². The molecule has 0 aliphatic heterocycles. The molecule has 22 heavy (non-hydrogen) atoms. The third-order valence-electron chi connectivity index (χ3n) is 4.29. The Balaban J connectivity index is 2.09. The minimum absolute atomic E-state index is 0.209. The van der Waals surface area contributed by atoms with Gasteiger partial charge in [-0.15, -0.1) is 0 Å². The SMILES string of the molecule is O=Cc1cc(C2CCCCC2)n(S(=O)(=O)c2ccccc2)c1. The third kappa shape index (κ3) is 2.73. The van der Waals surface area contributed by atoms with Crippen LogP contribution in [0.5, 0.6) is 0 Å². The predicted molar refractivity (Wildman–Crippen MR) is 84.7 cm³/mol. The highest BCUT2D eigenvalue weighted by molar-refractivity contribution is 7.90. The number of benzene rings is 1. The van der Waals surface area contributed by atoms with Crippen LogP contribution in [-0.4, -0.2) is 18.7 Å². The maximum atomic E-state index is 12.9. The minimum atomic E-state index is -3.65. The number of carbonyl (C=O) groups excluding carboxylic acids is 1. The summed E-state index contributed by atoms with van der Waals surface area (Å²) in [4.78, 5) is 11.4. The first kappa shape index (κ1) is 15.0. The van der Waals surface area contributed by atoms with Crippen LogP contribution >= 0.6 is 0 Å². The molecular formula is C17H19NO3S. The third-order valence-corrected chi connectivity index (χ3v) is 6.00. The fourth-order valence-corrected chi connectivity index (χ4v) is 4.62. The summed E-state index contributed by atoms with van der Waals surface area (Å²) in [5, 5.41) is 0. The molecule has 0 N–H and O–H groups in total. The number of rotatable bonds is 4. The summed E-state index contributed by atoms with van der Waals surface area (Å²) in [6.45, 7) is 0. The van der Waals surface area contributed by atoms with Crippen LogP contribution in [0.4, 0.5) is 0 Å². The fraction of sp³-hybridized carbons (Fsp3) is 0.353. The minimum Gasteiger partial charge on any atom is -0.298 e. The smallest absolute Gasteiger partial charge is 0.267 e. The van der Waals surface area contributed by atoms with Crippen molar-refractivity contribution in [2.75, 3.05) is 0 Å². The van der Waals surface area contributed by atoms with Gasteiger partial charge in [-0.3, -0.25) is 4.79 Å². The zero-order valence-corrected chi connectivity index (χ0v) is 13.1. The van der Waals surface area contributed by atoms with Gasteiger partial charge in [-0.25, -0.2) is 12.4 Å². The maximum absolute atomic E-state index is 12.9. The molecule has 1 fully saturated rings. The van der Waals surface area contributed by atoms with Crippen molar-refractivity contribution in [1.82, 2.24) is 3.97 Å². The van der Waals surface area contributed by atoms with Gasteiger partial charge < -0.3 is 0 Å². The second-order valence-electron chi connectivity index (χ2n) is 5.77. The van der Waals surface area contributed by atoms with E-state index in [0.29, 0.717) is 11.8 Å². The molecule has 0 radical (unpaired) electrons. The molecule has 0 atom stereocenters. The van der Waals surface area contributed by atoms with E-state index in [1.54, 1.807) is 36.4 Å². The number of aromatic nitrogens is 1. The topological polar surface area (TPSA) is 56.1 Å². The molecule has 0 bridgehead atoms. The molecule has 116 valence electrons. The van der Waals surface area contributed by atoms with Gasteiger partial charge in [-0.1, -0.05) is 37.5 Å². The lowest BCUT2D eigenvalue weighted by molar-refractivity contribution is 0.112. The molecule has 3 rings (SSSR count). The van der Waals surface area contributed by atoms with E-state index in [1.165, 1.54) is 16.6 Å². The molecule has 2 aromatic rings. The molecule has 1 aliphatic rings. The Labute approximate surface area is 130 Å². The van der Waals surface area contributed by atoms with E-state index in [2.05, 4.69) is 0 Å². The van der Waals surface area contributed by atoms with Gasteiger partial charge in [-0.2, -0.15) is 0 Å². The normalized spacial score (nSPS) is 16.5. The summed E-state index contributed by atoms with van der Waals surface area (Å²) < 4.78 is 27.1. The second-order valence-corrected chi connectivity index (χ2v) is 7.58. The number of hydrogen-bond donors (Lipinski definition) is 0. The first-order valence-electron chi connectivity index (χ1n) is 7.61. The van der Waals surface area contributed by atoms with Gasteiger partial charge >= 0.3 is 0 Å². The van der Waals surface area contributed by atoms with Crippen LogP contribution in [0.1, 0.15) is 54.1 Å². The Morgan fingerprint density at radius 2 is 1.73 bits per heavy atom. The van der Waals surface area contributed by atoms with Crippen LogP contribution in [-0.2, 0) is 10.0 Å². The molecule has 5 heteroatoms. The van der Waals surface area contributed by atoms with E-state index in [-0.39, 0.29) is 10.8 Å². The standard InChI is InChI=1S/C17H19NO3S/c19-13-14-11-17(15-7-3-1-4-8-15)18(12-14)22(20,21)16-9-5-2-6-10-16/h2,5-6,9-13,15H,1,3-4,7-8H2. The van der Waals surface area contributed by atoms with Crippen molar-refractivity contribution in [1.29, 1.82) is 0 Å². The average molecular weight is 317 g/mol. The Bertz CT molecular complexity index is 756. The van der Waals surface area contributed by atoms with Crippen LogP contribution in [0.15, 0.2) is 47.5 Å². The monoisotopic (exact) mass is 317 g/mol. The van der Waals surface area contributed by atoms with Crippen LogP contribution in [0.2, 0.25) is 0 Å². The molecule has 1 aromatic heterocycles. The van der Waals surface area contributed by atoms with Crippen molar-refractivity contribution in [3.63, 3.8) is 0 Å². The lowest BCUT2D eigenvalue weighted by Gasteiger charge is -2.23. The van der Waals surface area contributed by atoms with Gasteiger partial charge in [-0.05, 0) is 31.0 Å². The average Bonchev–Trinajstić information content (AvgIpc) is 3.02. The molecule has 1 heterocycles. The zero-order chi connectivity index (χ0) is 15.6. The largest absolute Gasteiger partial charge is 0.298 e. The van der Waals surface area contributed by atoms with Crippen molar-refractivity contribution in [2.45, 2.75) is 42.9 Å². The van der Waals surface area contributed by atoms with Crippen LogP contribution in [0.25, 0.3) is 0 Å². The van der Waals surface area contributed by atoms with Gasteiger partial charge in [0.1, 0.15) is 0 Å². The molecule has 1 aromatic carbocycles. The molecule has 0 saturated heterocycles. The Hall–Kier alpha value is -1.88. The highest BCUT2D eigenvalue weighted by Crippen LogP contribution is 2.34.